The smallest absolute Gasteiger partial charge is 0.129 e. The molecule has 6 heteroatoms. The zero-order valence-electron chi connectivity index (χ0n) is 12.9. The van der Waals surface area contributed by atoms with E-state index in [0.717, 1.165) is 37.4 Å². The number of hydrogen-bond acceptors (Lipinski definition) is 5. The molecule has 0 amide bonds. The van der Waals surface area contributed by atoms with E-state index < -0.39 is 0 Å². The molecule has 0 aliphatic carbocycles. The Bertz CT molecular complexity index is 593. The molecule has 1 aliphatic heterocycles. The van der Waals surface area contributed by atoms with Crippen molar-refractivity contribution in [2.45, 2.75) is 39.1 Å². The first kappa shape index (κ1) is 15.3. The van der Waals surface area contributed by atoms with Gasteiger partial charge >= 0.3 is 0 Å². The first-order valence-corrected chi connectivity index (χ1v) is 7.83. The van der Waals surface area contributed by atoms with Crippen LogP contribution in [0.4, 0.5) is 0 Å². The summed E-state index contributed by atoms with van der Waals surface area (Å²) in [5, 5.41) is 16.7. The Morgan fingerprint density at radius 2 is 2.27 bits per heavy atom. The zero-order chi connectivity index (χ0) is 15.4. The van der Waals surface area contributed by atoms with E-state index in [1.165, 1.54) is 0 Å². The average Bonchev–Trinajstić information content (AvgIpc) is 3.27. The topological polar surface area (TPSA) is 72.5 Å². The quantitative estimate of drug-likeness (QED) is 0.817. The Hall–Kier alpha value is -1.63. The lowest BCUT2D eigenvalue weighted by molar-refractivity contribution is 0.0902. The van der Waals surface area contributed by atoms with Crippen molar-refractivity contribution in [1.82, 2.24) is 15.1 Å². The molecule has 0 radical (unpaired) electrons. The van der Waals surface area contributed by atoms with Crippen LogP contribution in [0.15, 0.2) is 28.9 Å². The van der Waals surface area contributed by atoms with E-state index in [1.54, 1.807) is 6.07 Å². The van der Waals surface area contributed by atoms with E-state index in [0.29, 0.717) is 18.2 Å². The lowest BCUT2D eigenvalue weighted by Crippen LogP contribution is -2.24. The fourth-order valence-corrected chi connectivity index (χ4v) is 2.89. The second-order valence-corrected chi connectivity index (χ2v) is 5.63. The minimum absolute atomic E-state index is 0.0556. The molecule has 6 nitrogen and oxygen atoms in total. The summed E-state index contributed by atoms with van der Waals surface area (Å²) in [4.78, 5) is 0. The van der Waals surface area contributed by atoms with E-state index in [2.05, 4.69) is 23.5 Å². The molecule has 22 heavy (non-hydrogen) atoms. The van der Waals surface area contributed by atoms with Crippen molar-refractivity contribution < 1.29 is 14.3 Å². The van der Waals surface area contributed by atoms with Crippen LogP contribution in [0.5, 0.6) is 0 Å². The zero-order valence-corrected chi connectivity index (χ0v) is 12.9. The second-order valence-electron chi connectivity index (χ2n) is 5.63. The number of aromatic nitrogens is 2. The van der Waals surface area contributed by atoms with Crippen LogP contribution in [0.2, 0.25) is 0 Å². The molecule has 3 heterocycles. The third kappa shape index (κ3) is 3.40. The normalized spacial score (nSPS) is 21.5. The molecular weight excluding hydrogens is 282 g/mol. The summed E-state index contributed by atoms with van der Waals surface area (Å²) in [6.45, 7) is 5.23. The molecule has 0 unspecified atom stereocenters. The van der Waals surface area contributed by atoms with Crippen molar-refractivity contribution in [3.63, 3.8) is 0 Å². The van der Waals surface area contributed by atoms with Crippen LogP contribution in [-0.2, 0) is 24.4 Å². The third-order valence-corrected chi connectivity index (χ3v) is 4.10. The molecule has 1 aliphatic rings. The van der Waals surface area contributed by atoms with Gasteiger partial charge in [0, 0.05) is 37.4 Å². The lowest BCUT2D eigenvalue weighted by Gasteiger charge is -2.17. The third-order valence-electron chi connectivity index (χ3n) is 4.10. The van der Waals surface area contributed by atoms with Crippen LogP contribution in [0.1, 0.15) is 36.5 Å². The van der Waals surface area contributed by atoms with E-state index in [4.69, 9.17) is 14.3 Å². The Kier molecular flexibility index (Phi) is 4.92. The van der Waals surface area contributed by atoms with Gasteiger partial charge in [0.15, 0.2) is 0 Å². The van der Waals surface area contributed by atoms with Gasteiger partial charge in [-0.1, -0.05) is 0 Å². The van der Waals surface area contributed by atoms with E-state index in [1.807, 2.05) is 16.9 Å². The molecule has 0 spiro atoms. The van der Waals surface area contributed by atoms with Gasteiger partial charge in [0.1, 0.15) is 18.1 Å². The number of furan rings is 1. The van der Waals surface area contributed by atoms with Crippen LogP contribution < -0.4 is 5.32 Å². The molecule has 2 aromatic heterocycles. The van der Waals surface area contributed by atoms with Gasteiger partial charge in [0.2, 0.25) is 0 Å². The van der Waals surface area contributed by atoms with Crippen LogP contribution in [0.3, 0.4) is 0 Å². The van der Waals surface area contributed by atoms with Crippen molar-refractivity contribution in [3.8, 4) is 0 Å². The van der Waals surface area contributed by atoms with Crippen LogP contribution >= 0.6 is 0 Å². The summed E-state index contributed by atoms with van der Waals surface area (Å²) in [6.07, 6.45) is 5.15. The summed E-state index contributed by atoms with van der Waals surface area (Å²) in [7, 11) is 0. The fraction of sp³-hybridized carbons (Fsp3) is 0.562. The predicted molar refractivity (Wildman–Crippen MR) is 81.0 cm³/mol. The summed E-state index contributed by atoms with van der Waals surface area (Å²) < 4.78 is 13.3. The first-order valence-electron chi connectivity index (χ1n) is 7.83. The van der Waals surface area contributed by atoms with Crippen LogP contribution in [-0.4, -0.2) is 28.0 Å². The average molecular weight is 305 g/mol. The molecular formula is C16H23N3O3. The minimum atomic E-state index is -0.0556. The van der Waals surface area contributed by atoms with Gasteiger partial charge in [-0.15, -0.1) is 0 Å². The summed E-state index contributed by atoms with van der Waals surface area (Å²) in [6, 6.07) is 3.70. The maximum absolute atomic E-state index is 8.99. The highest BCUT2D eigenvalue weighted by Gasteiger charge is 2.30. The van der Waals surface area contributed by atoms with Crippen molar-refractivity contribution >= 4 is 0 Å². The molecule has 3 rings (SSSR count). The Labute approximate surface area is 130 Å². The van der Waals surface area contributed by atoms with Crippen molar-refractivity contribution in [1.29, 1.82) is 0 Å². The molecule has 120 valence electrons. The minimum Gasteiger partial charge on any atom is -0.462 e. The van der Waals surface area contributed by atoms with E-state index in [-0.39, 0.29) is 12.7 Å². The fourth-order valence-electron chi connectivity index (χ4n) is 2.89. The standard InChI is InChI=1S/C16H23N3O3/c1-2-19-10-13(8-18-19)16-12(5-6-21-16)7-17-9-14-3-4-15(11-20)22-14/h3-4,8,10,12,16-17,20H,2,5-7,9,11H2,1H3/t12-,16+/m0/s1. The van der Waals surface area contributed by atoms with Gasteiger partial charge in [0.05, 0.1) is 18.8 Å². The summed E-state index contributed by atoms with van der Waals surface area (Å²) in [5.41, 5.74) is 1.16. The van der Waals surface area contributed by atoms with Gasteiger partial charge in [-0.3, -0.25) is 4.68 Å². The summed E-state index contributed by atoms with van der Waals surface area (Å²) >= 11 is 0. The number of rotatable bonds is 7. The SMILES string of the molecule is CCn1cc([C@@H]2OCC[C@H]2CNCc2ccc(CO)o2)cn1. The molecule has 1 saturated heterocycles. The molecule has 2 atom stereocenters. The highest BCUT2D eigenvalue weighted by Crippen LogP contribution is 2.33. The van der Waals surface area contributed by atoms with Gasteiger partial charge in [-0.2, -0.15) is 5.10 Å². The summed E-state index contributed by atoms with van der Waals surface area (Å²) in [5.74, 6) is 1.89. The lowest BCUT2D eigenvalue weighted by atomic mass is 9.97. The van der Waals surface area contributed by atoms with Crippen molar-refractivity contribution in [3.05, 3.63) is 41.6 Å². The molecule has 0 saturated carbocycles. The number of nitrogens with zero attached hydrogens (tertiary/aromatic N) is 2. The predicted octanol–water partition coefficient (Wildman–Crippen LogP) is 1.86. The Balaban J connectivity index is 1.52. The molecule has 2 N–H and O–H groups in total. The van der Waals surface area contributed by atoms with Crippen LogP contribution in [0, 0.1) is 5.92 Å². The van der Waals surface area contributed by atoms with Gasteiger partial charge in [-0.25, -0.2) is 0 Å². The largest absolute Gasteiger partial charge is 0.462 e. The monoisotopic (exact) mass is 305 g/mol. The number of hydrogen-bond donors (Lipinski definition) is 2. The Morgan fingerprint density at radius 1 is 1.41 bits per heavy atom. The highest BCUT2D eigenvalue weighted by molar-refractivity contribution is 5.11. The first-order chi connectivity index (χ1) is 10.8. The Morgan fingerprint density at radius 3 is 3.00 bits per heavy atom. The van der Waals surface area contributed by atoms with Gasteiger partial charge < -0.3 is 19.6 Å². The maximum Gasteiger partial charge on any atom is 0.129 e. The van der Waals surface area contributed by atoms with Crippen molar-refractivity contribution in [2.75, 3.05) is 13.2 Å². The van der Waals surface area contributed by atoms with Crippen molar-refractivity contribution in [2.24, 2.45) is 5.92 Å². The molecule has 2 aromatic rings. The second kappa shape index (κ2) is 7.09. The number of aryl methyl sites for hydroxylation is 1. The molecule has 0 bridgehead atoms. The van der Waals surface area contributed by atoms with Gasteiger partial charge in [0.25, 0.3) is 0 Å². The van der Waals surface area contributed by atoms with E-state index >= 15 is 0 Å². The number of ether oxygens (including phenoxy) is 1. The number of aliphatic hydroxyl groups excluding tert-OH is 1. The van der Waals surface area contributed by atoms with E-state index in [9.17, 15) is 0 Å². The van der Waals surface area contributed by atoms with Crippen LogP contribution in [0.25, 0.3) is 0 Å². The highest BCUT2D eigenvalue weighted by atomic mass is 16.5. The maximum atomic E-state index is 8.99. The molecule has 1 fully saturated rings. The molecule has 0 aromatic carbocycles. The number of aliphatic hydroxyl groups is 1. The number of nitrogens with one attached hydrogen (secondary N) is 1. The van der Waals surface area contributed by atoms with Gasteiger partial charge in [-0.05, 0) is 25.5 Å².